The van der Waals surface area contributed by atoms with Crippen LogP contribution in [-0.4, -0.2) is 33.7 Å². The average Bonchev–Trinajstić information content (AvgIpc) is 2.66. The molecule has 1 aromatic carbocycles. The van der Waals surface area contributed by atoms with Crippen molar-refractivity contribution >= 4 is 17.6 Å². The van der Waals surface area contributed by atoms with Crippen molar-refractivity contribution in [2.24, 2.45) is 5.92 Å². The molecule has 1 fully saturated rings. The normalized spacial score (nSPS) is 24.3. The number of rotatable bonds is 3. The standard InChI is InChI=1S/C13H16ClNO3/c1-8-9(13(17)18)5-6-15(8)7-10-11(14)3-2-4-12(10)16/h2-4,8-9,16H,5-7H2,1H3,(H,17,18). The molecule has 2 atom stereocenters. The summed E-state index contributed by atoms with van der Waals surface area (Å²) in [6, 6.07) is 4.97. The summed E-state index contributed by atoms with van der Waals surface area (Å²) in [6.45, 7) is 3.10. The van der Waals surface area contributed by atoms with Crippen LogP contribution in [0.25, 0.3) is 0 Å². The van der Waals surface area contributed by atoms with E-state index in [0.717, 1.165) is 0 Å². The molecule has 1 heterocycles. The first-order valence-corrected chi connectivity index (χ1v) is 6.31. The van der Waals surface area contributed by atoms with E-state index in [1.165, 1.54) is 0 Å². The molecule has 1 aliphatic heterocycles. The largest absolute Gasteiger partial charge is 0.508 e. The smallest absolute Gasteiger partial charge is 0.308 e. The second-order valence-corrected chi connectivity index (χ2v) is 5.09. The molecule has 2 rings (SSSR count). The van der Waals surface area contributed by atoms with Gasteiger partial charge in [0, 0.05) is 23.2 Å². The number of nitrogens with zero attached hydrogens (tertiary/aromatic N) is 1. The van der Waals surface area contributed by atoms with E-state index in [1.807, 2.05) is 11.8 Å². The summed E-state index contributed by atoms with van der Waals surface area (Å²) in [7, 11) is 0. The van der Waals surface area contributed by atoms with E-state index in [-0.39, 0.29) is 17.7 Å². The van der Waals surface area contributed by atoms with Crippen molar-refractivity contribution < 1.29 is 15.0 Å². The van der Waals surface area contributed by atoms with Gasteiger partial charge >= 0.3 is 5.97 Å². The summed E-state index contributed by atoms with van der Waals surface area (Å²) in [6.07, 6.45) is 0.641. The van der Waals surface area contributed by atoms with Crippen LogP contribution in [0.4, 0.5) is 0 Å². The molecule has 0 amide bonds. The number of carboxylic acid groups (broad SMARTS) is 1. The van der Waals surface area contributed by atoms with Gasteiger partial charge in [-0.3, -0.25) is 9.69 Å². The Morgan fingerprint density at radius 1 is 1.56 bits per heavy atom. The van der Waals surface area contributed by atoms with Crippen LogP contribution in [0.1, 0.15) is 18.9 Å². The molecule has 0 radical (unpaired) electrons. The minimum Gasteiger partial charge on any atom is -0.508 e. The number of hydrogen-bond acceptors (Lipinski definition) is 3. The average molecular weight is 270 g/mol. The van der Waals surface area contributed by atoms with E-state index in [4.69, 9.17) is 16.7 Å². The highest BCUT2D eigenvalue weighted by molar-refractivity contribution is 6.31. The zero-order valence-corrected chi connectivity index (χ0v) is 10.9. The molecular formula is C13H16ClNO3. The molecule has 0 bridgehead atoms. The van der Waals surface area contributed by atoms with E-state index < -0.39 is 5.97 Å². The molecule has 2 N–H and O–H groups in total. The summed E-state index contributed by atoms with van der Waals surface area (Å²) in [4.78, 5) is 13.1. The number of carbonyl (C=O) groups is 1. The molecule has 0 saturated carbocycles. The van der Waals surface area contributed by atoms with E-state index in [2.05, 4.69) is 0 Å². The molecule has 2 unspecified atom stereocenters. The quantitative estimate of drug-likeness (QED) is 0.884. The number of halogens is 1. The second-order valence-electron chi connectivity index (χ2n) is 4.68. The molecular weight excluding hydrogens is 254 g/mol. The van der Waals surface area contributed by atoms with Gasteiger partial charge < -0.3 is 10.2 Å². The van der Waals surface area contributed by atoms with Gasteiger partial charge in [-0.15, -0.1) is 0 Å². The summed E-state index contributed by atoms with van der Waals surface area (Å²) >= 11 is 6.05. The lowest BCUT2D eigenvalue weighted by molar-refractivity contribution is -0.142. The fourth-order valence-corrected chi connectivity index (χ4v) is 2.69. The topological polar surface area (TPSA) is 60.8 Å². The maximum atomic E-state index is 11.0. The highest BCUT2D eigenvalue weighted by Gasteiger charge is 2.35. The van der Waals surface area contributed by atoms with Crippen molar-refractivity contribution in [3.63, 3.8) is 0 Å². The van der Waals surface area contributed by atoms with Gasteiger partial charge in [0.15, 0.2) is 0 Å². The summed E-state index contributed by atoms with van der Waals surface area (Å²) in [5.74, 6) is -0.934. The molecule has 0 aliphatic carbocycles. The van der Waals surface area contributed by atoms with Crippen LogP contribution in [0.2, 0.25) is 5.02 Å². The molecule has 18 heavy (non-hydrogen) atoms. The molecule has 5 heteroatoms. The molecule has 1 aromatic rings. The predicted molar refractivity (Wildman–Crippen MR) is 68.7 cm³/mol. The number of likely N-dealkylation sites (tertiary alicyclic amines) is 1. The second kappa shape index (κ2) is 5.16. The van der Waals surface area contributed by atoms with E-state index in [0.29, 0.717) is 30.1 Å². The van der Waals surface area contributed by atoms with Gasteiger partial charge in [0.25, 0.3) is 0 Å². The Morgan fingerprint density at radius 2 is 2.28 bits per heavy atom. The van der Waals surface area contributed by atoms with Gasteiger partial charge in [0.05, 0.1) is 5.92 Å². The molecule has 0 aromatic heterocycles. The van der Waals surface area contributed by atoms with Crippen molar-refractivity contribution in [1.29, 1.82) is 0 Å². The maximum absolute atomic E-state index is 11.0. The number of benzene rings is 1. The Bertz CT molecular complexity index is 443. The first-order chi connectivity index (χ1) is 8.50. The number of aromatic hydroxyl groups is 1. The SMILES string of the molecule is CC1C(C(=O)O)CCN1Cc1c(O)cccc1Cl. The van der Waals surface area contributed by atoms with Crippen LogP contribution in [0.3, 0.4) is 0 Å². The fraction of sp³-hybridized carbons (Fsp3) is 0.462. The molecule has 1 aliphatic rings. The monoisotopic (exact) mass is 269 g/mol. The Labute approximate surface area is 111 Å². The molecule has 4 nitrogen and oxygen atoms in total. The maximum Gasteiger partial charge on any atom is 0.308 e. The van der Waals surface area contributed by atoms with Crippen LogP contribution >= 0.6 is 11.6 Å². The molecule has 1 saturated heterocycles. The number of carboxylic acids is 1. The van der Waals surface area contributed by atoms with Crippen molar-refractivity contribution in [3.05, 3.63) is 28.8 Å². The first kappa shape index (κ1) is 13.2. The molecule has 0 spiro atoms. The minimum atomic E-state index is -0.756. The lowest BCUT2D eigenvalue weighted by atomic mass is 10.0. The van der Waals surface area contributed by atoms with Crippen LogP contribution < -0.4 is 0 Å². The van der Waals surface area contributed by atoms with Crippen LogP contribution in [0.15, 0.2) is 18.2 Å². The Kier molecular flexibility index (Phi) is 3.78. The minimum absolute atomic E-state index is 0.0434. The third-order valence-corrected chi connectivity index (χ3v) is 4.01. The van der Waals surface area contributed by atoms with E-state index >= 15 is 0 Å². The Hall–Kier alpha value is -1.26. The summed E-state index contributed by atoms with van der Waals surface area (Å²) in [5, 5.41) is 19.4. The fourth-order valence-electron chi connectivity index (χ4n) is 2.46. The van der Waals surface area contributed by atoms with Gasteiger partial charge in [0.2, 0.25) is 0 Å². The zero-order chi connectivity index (χ0) is 13.3. The predicted octanol–water partition coefficient (Wildman–Crippen LogP) is 2.34. The third kappa shape index (κ3) is 2.44. The Morgan fingerprint density at radius 3 is 2.83 bits per heavy atom. The summed E-state index contributed by atoms with van der Waals surface area (Å²) < 4.78 is 0. The third-order valence-electron chi connectivity index (χ3n) is 3.66. The number of phenolic OH excluding ortho intramolecular Hbond substituents is 1. The highest BCUT2D eigenvalue weighted by atomic mass is 35.5. The Balaban J connectivity index is 2.14. The van der Waals surface area contributed by atoms with Crippen LogP contribution in [0, 0.1) is 5.92 Å². The lowest BCUT2D eigenvalue weighted by Crippen LogP contribution is -2.32. The van der Waals surface area contributed by atoms with Crippen molar-refractivity contribution in [2.45, 2.75) is 25.9 Å². The zero-order valence-electron chi connectivity index (χ0n) is 10.1. The van der Waals surface area contributed by atoms with E-state index in [9.17, 15) is 9.90 Å². The van der Waals surface area contributed by atoms with Gasteiger partial charge in [-0.05, 0) is 32.0 Å². The van der Waals surface area contributed by atoms with Crippen molar-refractivity contribution in [1.82, 2.24) is 4.90 Å². The van der Waals surface area contributed by atoms with Crippen LogP contribution in [-0.2, 0) is 11.3 Å². The molecule has 98 valence electrons. The number of phenols is 1. The summed E-state index contributed by atoms with van der Waals surface area (Å²) in [5.41, 5.74) is 0.664. The number of aliphatic carboxylic acids is 1. The van der Waals surface area contributed by atoms with Crippen molar-refractivity contribution in [3.8, 4) is 5.75 Å². The van der Waals surface area contributed by atoms with Crippen molar-refractivity contribution in [2.75, 3.05) is 6.54 Å². The lowest BCUT2D eigenvalue weighted by Gasteiger charge is -2.23. The van der Waals surface area contributed by atoms with Crippen LogP contribution in [0.5, 0.6) is 5.75 Å². The van der Waals surface area contributed by atoms with Gasteiger partial charge in [0.1, 0.15) is 5.75 Å². The van der Waals surface area contributed by atoms with Gasteiger partial charge in [-0.25, -0.2) is 0 Å². The van der Waals surface area contributed by atoms with E-state index in [1.54, 1.807) is 18.2 Å². The highest BCUT2D eigenvalue weighted by Crippen LogP contribution is 2.31. The first-order valence-electron chi connectivity index (χ1n) is 5.94. The number of hydrogen-bond donors (Lipinski definition) is 2. The van der Waals surface area contributed by atoms with Gasteiger partial charge in [-0.1, -0.05) is 17.7 Å². The van der Waals surface area contributed by atoms with Gasteiger partial charge in [-0.2, -0.15) is 0 Å².